The highest BCUT2D eigenvalue weighted by molar-refractivity contribution is 5.99. The first-order valence-electron chi connectivity index (χ1n) is 27.2. The Balaban J connectivity index is 1.61. The summed E-state index contributed by atoms with van der Waals surface area (Å²) >= 11 is 0. The summed E-state index contributed by atoms with van der Waals surface area (Å²) in [5.74, 6) is -9.31. The predicted octanol–water partition coefficient (Wildman–Crippen LogP) is -1.25. The molecule has 26 nitrogen and oxygen atoms in total. The van der Waals surface area contributed by atoms with Gasteiger partial charge in [0.15, 0.2) is 5.96 Å². The van der Waals surface area contributed by atoms with Crippen LogP contribution in [0, 0.1) is 11.8 Å². The van der Waals surface area contributed by atoms with E-state index in [-0.39, 0.29) is 51.0 Å². The molecule has 0 bridgehead atoms. The number of benzene rings is 2. The smallest absolute Gasteiger partial charge is 0.243 e. The van der Waals surface area contributed by atoms with Crippen molar-refractivity contribution in [2.45, 2.75) is 147 Å². The largest absolute Gasteiger partial charge is 0.370 e. The number of amides is 10. The number of fused-ring (bicyclic) bond motifs is 1. The van der Waals surface area contributed by atoms with Crippen molar-refractivity contribution in [1.29, 1.82) is 0 Å². The molecule has 4 aromatic rings. The number of aliphatic imine (C=N–C) groups is 1. The number of unbranched alkanes of at least 4 members (excludes halogenated alkanes) is 1. The molecule has 0 radical (unpaired) electrons. The molecule has 26 heteroatoms. The van der Waals surface area contributed by atoms with Crippen LogP contribution < -0.4 is 65.1 Å². The molecule has 1 unspecified atom stereocenters. The lowest BCUT2D eigenvalue weighted by Gasteiger charge is -2.30. The highest BCUT2D eigenvalue weighted by Crippen LogP contribution is 2.20. The van der Waals surface area contributed by atoms with E-state index < -0.39 is 139 Å². The van der Waals surface area contributed by atoms with E-state index in [4.69, 9.17) is 17.2 Å². The summed E-state index contributed by atoms with van der Waals surface area (Å²) in [5, 5.41) is 25.1. The molecule has 0 aliphatic carbocycles. The van der Waals surface area contributed by atoms with Crippen LogP contribution in [0.25, 0.3) is 10.9 Å². The Morgan fingerprint density at radius 2 is 1.22 bits per heavy atom. The number of guanidine groups is 1. The average molecular weight is 1120 g/mol. The van der Waals surface area contributed by atoms with Crippen LogP contribution in [0.15, 0.2) is 78.3 Å². The zero-order valence-electron chi connectivity index (χ0n) is 46.4. The quantitative estimate of drug-likeness (QED) is 0.0249. The third kappa shape index (κ3) is 19.8. The molecular formula is C55H78N16O10. The van der Waals surface area contributed by atoms with E-state index in [0.717, 1.165) is 0 Å². The minimum absolute atomic E-state index is 0.0417. The highest BCUT2D eigenvalue weighted by atomic mass is 16.2. The Morgan fingerprint density at radius 1 is 0.654 bits per heavy atom. The molecule has 2 aromatic heterocycles. The van der Waals surface area contributed by atoms with Gasteiger partial charge in [0.25, 0.3) is 0 Å². The fraction of sp³-hybridized carbons (Fsp3) is 0.491. The van der Waals surface area contributed by atoms with Crippen LogP contribution in [0.3, 0.4) is 0 Å². The van der Waals surface area contributed by atoms with Gasteiger partial charge < -0.3 is 75.0 Å². The number of imidazole rings is 1. The standard InChI is InChI=1S/C55H78N16O10/c1-6-7-17-37-47(74)69-42(25-34-27-59-29-63-34)52(79)67-40(23-32-14-9-8-10-15-32)50(77)65-38(19-13-22-60-55(57)58)48(75)68-41(24-33-26-61-36-18-12-11-16-35(33)36)51(78)66-39(20-21-44(73)64-37)49(76)70-46(31(4)5)54(81)71-45(30(2)3)53(80)62-28-43(56)72/h8-12,14-16,18,26-27,29-31,37-42,45-46,61H,6-7,13,17,19-25,28H2,1-5H3,(H2,56,72)(H,59,63)(H,62,80)(H,64,73)(H,65,77)(H,66,78)(H,67,79)(H,68,75)(H,69,74)(H,70,76)(H,71,81)(H4,57,58,60)/t37?,38-,39+,40-,41+,42-,45+,46+/m1/s1. The number of hydrogen-bond acceptors (Lipinski definition) is 12. The van der Waals surface area contributed by atoms with E-state index in [2.05, 4.69) is 67.8 Å². The molecule has 1 fully saturated rings. The minimum atomic E-state index is -1.59. The fourth-order valence-electron chi connectivity index (χ4n) is 9.09. The summed E-state index contributed by atoms with van der Waals surface area (Å²) in [6.07, 6.45) is 4.58. The van der Waals surface area contributed by atoms with Gasteiger partial charge in [0.05, 0.1) is 12.9 Å². The van der Waals surface area contributed by atoms with Crippen LogP contribution in [0.4, 0.5) is 0 Å². The van der Waals surface area contributed by atoms with Crippen LogP contribution in [0.2, 0.25) is 0 Å². The Labute approximate surface area is 469 Å². The number of nitrogens with two attached hydrogens (primary N) is 3. The topological polar surface area (TPSA) is 414 Å². The molecule has 8 atom stereocenters. The fourth-order valence-corrected chi connectivity index (χ4v) is 9.09. The monoisotopic (exact) mass is 1120 g/mol. The maximum absolute atomic E-state index is 15.0. The van der Waals surface area contributed by atoms with Crippen molar-refractivity contribution in [2.24, 2.45) is 34.0 Å². The normalized spacial score (nSPS) is 20.5. The van der Waals surface area contributed by atoms with Gasteiger partial charge >= 0.3 is 0 Å². The van der Waals surface area contributed by atoms with Gasteiger partial charge in [-0.3, -0.25) is 52.9 Å². The molecule has 1 aliphatic heterocycles. The molecule has 1 saturated heterocycles. The second-order valence-corrected chi connectivity index (χ2v) is 20.7. The van der Waals surface area contributed by atoms with Crippen LogP contribution >= 0.6 is 0 Å². The first-order valence-corrected chi connectivity index (χ1v) is 27.2. The molecule has 5 rings (SSSR count). The van der Waals surface area contributed by atoms with Crippen LogP contribution in [-0.4, -0.2) is 141 Å². The Kier molecular flexibility index (Phi) is 24.2. The molecule has 1 aliphatic rings. The van der Waals surface area contributed by atoms with E-state index in [1.54, 1.807) is 70.3 Å². The zero-order chi connectivity index (χ0) is 59.2. The van der Waals surface area contributed by atoms with Gasteiger partial charge in [0, 0.05) is 61.2 Å². The number of para-hydroxylation sites is 1. The summed E-state index contributed by atoms with van der Waals surface area (Å²) in [6.45, 7) is 8.03. The Bertz CT molecular complexity index is 2830. The van der Waals surface area contributed by atoms with Crippen molar-refractivity contribution in [3.05, 3.63) is 90.1 Å². The second-order valence-electron chi connectivity index (χ2n) is 20.7. The average Bonchev–Trinajstić information content (AvgIpc) is 4.15. The number of nitrogens with one attached hydrogen (secondary N) is 11. The number of carbonyl (C=O) groups is 10. The van der Waals surface area contributed by atoms with Gasteiger partial charge in [0.1, 0.15) is 48.3 Å². The lowest BCUT2D eigenvalue weighted by atomic mass is 9.98. The first kappa shape index (κ1) is 63.0. The molecule has 10 amide bonds. The second kappa shape index (κ2) is 31.1. The van der Waals surface area contributed by atoms with Gasteiger partial charge in [-0.1, -0.05) is 96.0 Å². The lowest BCUT2D eigenvalue weighted by Crippen LogP contribution is -2.62. The summed E-state index contributed by atoms with van der Waals surface area (Å²) in [5.41, 5.74) is 18.9. The maximum Gasteiger partial charge on any atom is 0.243 e. The summed E-state index contributed by atoms with van der Waals surface area (Å²) in [6, 6.07) is 5.13. The highest BCUT2D eigenvalue weighted by Gasteiger charge is 2.37. The van der Waals surface area contributed by atoms with Crippen molar-refractivity contribution < 1.29 is 47.9 Å². The number of aromatic nitrogens is 3. The van der Waals surface area contributed by atoms with E-state index in [1.807, 2.05) is 25.1 Å². The van der Waals surface area contributed by atoms with E-state index in [1.165, 1.54) is 12.5 Å². The molecule has 81 heavy (non-hydrogen) atoms. The van der Waals surface area contributed by atoms with E-state index >= 15 is 0 Å². The van der Waals surface area contributed by atoms with Crippen LogP contribution in [-0.2, 0) is 67.2 Å². The molecule has 17 N–H and O–H groups in total. The number of primary amides is 1. The molecule has 438 valence electrons. The number of H-pyrrole nitrogens is 2. The lowest BCUT2D eigenvalue weighted by molar-refractivity contribution is -0.137. The minimum Gasteiger partial charge on any atom is -0.370 e. The molecule has 2 aromatic carbocycles. The first-order chi connectivity index (χ1) is 38.6. The van der Waals surface area contributed by atoms with Crippen molar-refractivity contribution in [3.63, 3.8) is 0 Å². The van der Waals surface area contributed by atoms with Gasteiger partial charge in [-0.05, 0) is 54.7 Å². The summed E-state index contributed by atoms with van der Waals surface area (Å²) in [4.78, 5) is 155. The molecule has 0 saturated carbocycles. The number of hydrogen-bond donors (Lipinski definition) is 14. The number of nitrogens with zero attached hydrogens (tertiary/aromatic N) is 2. The molecule has 0 spiro atoms. The third-order valence-electron chi connectivity index (χ3n) is 13.6. The Hall–Kier alpha value is -8.84. The number of carbonyl (C=O) groups excluding carboxylic acids is 10. The van der Waals surface area contributed by atoms with Gasteiger partial charge in [-0.2, -0.15) is 0 Å². The zero-order valence-corrected chi connectivity index (χ0v) is 46.4. The van der Waals surface area contributed by atoms with E-state index in [0.29, 0.717) is 40.6 Å². The summed E-state index contributed by atoms with van der Waals surface area (Å²) < 4.78 is 0. The molecular weight excluding hydrogens is 1040 g/mol. The predicted molar refractivity (Wildman–Crippen MR) is 300 cm³/mol. The van der Waals surface area contributed by atoms with Crippen LogP contribution in [0.1, 0.15) is 96.4 Å². The van der Waals surface area contributed by atoms with Crippen molar-refractivity contribution in [1.82, 2.24) is 62.8 Å². The van der Waals surface area contributed by atoms with E-state index in [9.17, 15) is 47.9 Å². The summed E-state index contributed by atoms with van der Waals surface area (Å²) in [7, 11) is 0. The van der Waals surface area contributed by atoms with Gasteiger partial charge in [-0.25, -0.2) is 4.98 Å². The third-order valence-corrected chi connectivity index (χ3v) is 13.6. The Morgan fingerprint density at radius 3 is 1.84 bits per heavy atom. The number of rotatable bonds is 22. The number of aromatic amines is 2. The van der Waals surface area contributed by atoms with Crippen molar-refractivity contribution in [3.8, 4) is 0 Å². The van der Waals surface area contributed by atoms with Gasteiger partial charge in [-0.15, -0.1) is 0 Å². The van der Waals surface area contributed by atoms with Gasteiger partial charge in [0.2, 0.25) is 59.1 Å². The maximum atomic E-state index is 15.0. The van der Waals surface area contributed by atoms with Crippen LogP contribution in [0.5, 0.6) is 0 Å². The van der Waals surface area contributed by atoms with Crippen molar-refractivity contribution >= 4 is 75.9 Å². The SMILES string of the molecule is CCCCC1NC(=O)CC[C@@H](C(=O)N[C@H](C(=O)N[C@H](C(=O)NCC(N)=O)C(C)C)C(C)C)NC(=O)[C@H](Cc2c[nH]c3ccccc23)NC(=O)[C@@H](CCCN=C(N)N)NC(=O)[C@@H](Cc2ccccc2)NC(=O)[C@@H](Cc2cnc[nH]2)NC1=O. The van der Waals surface area contributed by atoms with Crippen molar-refractivity contribution in [2.75, 3.05) is 13.1 Å². The molecule has 3 heterocycles.